The van der Waals surface area contributed by atoms with E-state index >= 15 is 0 Å². The molecule has 0 aliphatic carbocycles. The fraction of sp³-hybridized carbons (Fsp3) is 0.429. The molecule has 1 amide bonds. The molecule has 0 bridgehead atoms. The molecule has 1 atom stereocenters. The first kappa shape index (κ1) is 10.6. The number of hydrogen-bond acceptors (Lipinski definition) is 4. The third-order valence-electron chi connectivity index (χ3n) is 1.07. The summed E-state index contributed by atoms with van der Waals surface area (Å²) in [5.41, 5.74) is 10.1. The second-order valence-electron chi connectivity index (χ2n) is 2.20. The molecule has 0 unspecified atom stereocenters. The number of esters is 1. The minimum Gasteiger partial charge on any atom is -0.460 e. The maximum Gasteiger partial charge on any atom is 0.323 e. The molecule has 68 valence electrons. The zero-order valence-electron chi connectivity index (χ0n) is 6.66. The maximum absolute atomic E-state index is 10.8. The molecule has 0 saturated carbocycles. The summed E-state index contributed by atoms with van der Waals surface area (Å²) in [6, 6.07) is -0.970. The third kappa shape index (κ3) is 4.45. The Bertz CT molecular complexity index is 191. The standard InChI is InChI=1S/C7H12N2O3/c1-2-3-12-7(11)5(8)4-6(9)10/h2,5H,1,3-4,8H2,(H2,9,10)/t5-/m0/s1. The number of carbonyl (C=O) groups excluding carboxylic acids is 2. The molecule has 0 radical (unpaired) electrons. The Balaban J connectivity index is 3.76. The van der Waals surface area contributed by atoms with Gasteiger partial charge in [0, 0.05) is 0 Å². The summed E-state index contributed by atoms with van der Waals surface area (Å²) in [4.78, 5) is 21.1. The predicted octanol–water partition coefficient (Wildman–Crippen LogP) is -1.08. The van der Waals surface area contributed by atoms with Gasteiger partial charge in [-0.15, -0.1) is 0 Å². The molecular weight excluding hydrogens is 160 g/mol. The Labute approximate surface area is 70.4 Å². The molecule has 5 heteroatoms. The van der Waals surface area contributed by atoms with Gasteiger partial charge in [-0.2, -0.15) is 0 Å². The average Bonchev–Trinajstić information content (AvgIpc) is 1.98. The molecule has 0 aromatic carbocycles. The summed E-state index contributed by atoms with van der Waals surface area (Å²) in [5.74, 6) is -1.27. The van der Waals surface area contributed by atoms with Gasteiger partial charge in [0.15, 0.2) is 0 Å². The summed E-state index contributed by atoms with van der Waals surface area (Å²) >= 11 is 0. The van der Waals surface area contributed by atoms with Crippen molar-refractivity contribution in [3.8, 4) is 0 Å². The lowest BCUT2D eigenvalue weighted by molar-refractivity contribution is -0.145. The van der Waals surface area contributed by atoms with Crippen LogP contribution in [-0.4, -0.2) is 24.5 Å². The van der Waals surface area contributed by atoms with Crippen LogP contribution < -0.4 is 11.5 Å². The van der Waals surface area contributed by atoms with Crippen LogP contribution in [0.15, 0.2) is 12.7 Å². The van der Waals surface area contributed by atoms with E-state index in [2.05, 4.69) is 11.3 Å². The molecule has 0 fully saturated rings. The molecule has 0 aromatic heterocycles. The van der Waals surface area contributed by atoms with Gasteiger partial charge in [-0.25, -0.2) is 0 Å². The first-order chi connectivity index (χ1) is 5.57. The summed E-state index contributed by atoms with van der Waals surface area (Å²) in [6.45, 7) is 3.43. The summed E-state index contributed by atoms with van der Waals surface area (Å²) in [5, 5.41) is 0. The van der Waals surface area contributed by atoms with E-state index < -0.39 is 17.9 Å². The van der Waals surface area contributed by atoms with Gasteiger partial charge in [-0.3, -0.25) is 9.59 Å². The highest BCUT2D eigenvalue weighted by molar-refractivity contribution is 5.84. The highest BCUT2D eigenvalue weighted by Crippen LogP contribution is 1.91. The molecule has 0 aromatic rings. The van der Waals surface area contributed by atoms with Crippen molar-refractivity contribution in [2.45, 2.75) is 12.5 Å². The molecule has 0 rings (SSSR count). The summed E-state index contributed by atoms with van der Waals surface area (Å²) in [7, 11) is 0. The maximum atomic E-state index is 10.8. The first-order valence-corrected chi connectivity index (χ1v) is 3.39. The molecular formula is C7H12N2O3. The lowest BCUT2D eigenvalue weighted by atomic mass is 10.2. The van der Waals surface area contributed by atoms with E-state index in [0.717, 1.165) is 0 Å². The van der Waals surface area contributed by atoms with Crippen molar-refractivity contribution in [3.63, 3.8) is 0 Å². The molecule has 0 aliphatic rings. The van der Waals surface area contributed by atoms with Crippen LogP contribution in [0.3, 0.4) is 0 Å². The molecule has 5 nitrogen and oxygen atoms in total. The number of amides is 1. The number of rotatable bonds is 5. The van der Waals surface area contributed by atoms with Gasteiger partial charge < -0.3 is 16.2 Å². The lowest BCUT2D eigenvalue weighted by Gasteiger charge is -2.07. The summed E-state index contributed by atoms with van der Waals surface area (Å²) in [6.07, 6.45) is 1.21. The molecule has 0 aliphatic heterocycles. The van der Waals surface area contributed by atoms with Crippen LogP contribution in [0.5, 0.6) is 0 Å². The SMILES string of the molecule is C=CCOC(=O)[C@@H](N)CC(N)=O. The van der Waals surface area contributed by atoms with E-state index in [1.807, 2.05) is 0 Å². The Morgan fingerprint density at radius 1 is 1.58 bits per heavy atom. The zero-order chi connectivity index (χ0) is 9.56. The van der Waals surface area contributed by atoms with Crippen LogP contribution in [0.1, 0.15) is 6.42 Å². The van der Waals surface area contributed by atoms with Crippen molar-refractivity contribution in [1.82, 2.24) is 0 Å². The predicted molar refractivity (Wildman–Crippen MR) is 42.9 cm³/mol. The number of ether oxygens (including phenoxy) is 1. The van der Waals surface area contributed by atoms with E-state index in [-0.39, 0.29) is 13.0 Å². The van der Waals surface area contributed by atoms with Gasteiger partial charge in [-0.05, 0) is 0 Å². The van der Waals surface area contributed by atoms with Crippen molar-refractivity contribution >= 4 is 11.9 Å². The highest BCUT2D eigenvalue weighted by Gasteiger charge is 2.16. The van der Waals surface area contributed by atoms with E-state index in [9.17, 15) is 9.59 Å². The zero-order valence-corrected chi connectivity index (χ0v) is 6.66. The van der Waals surface area contributed by atoms with Crippen molar-refractivity contribution < 1.29 is 14.3 Å². The topological polar surface area (TPSA) is 95.4 Å². The second kappa shape index (κ2) is 5.31. The first-order valence-electron chi connectivity index (χ1n) is 3.39. The number of carbonyl (C=O) groups is 2. The molecule has 4 N–H and O–H groups in total. The summed E-state index contributed by atoms with van der Waals surface area (Å²) < 4.78 is 4.56. The van der Waals surface area contributed by atoms with Gasteiger partial charge in [0.25, 0.3) is 0 Å². The molecule has 0 spiro atoms. The van der Waals surface area contributed by atoms with Gasteiger partial charge in [0.1, 0.15) is 12.6 Å². The van der Waals surface area contributed by atoms with Gasteiger partial charge in [0.05, 0.1) is 6.42 Å². The smallest absolute Gasteiger partial charge is 0.323 e. The van der Waals surface area contributed by atoms with Crippen molar-refractivity contribution in [1.29, 1.82) is 0 Å². The van der Waals surface area contributed by atoms with Crippen molar-refractivity contribution in [3.05, 3.63) is 12.7 Å². The monoisotopic (exact) mass is 172 g/mol. The average molecular weight is 172 g/mol. The van der Waals surface area contributed by atoms with E-state index in [4.69, 9.17) is 11.5 Å². The van der Waals surface area contributed by atoms with Crippen LogP contribution in [0, 0.1) is 0 Å². The molecule has 0 heterocycles. The largest absolute Gasteiger partial charge is 0.460 e. The van der Waals surface area contributed by atoms with Crippen LogP contribution in [-0.2, 0) is 14.3 Å². The fourth-order valence-corrected chi connectivity index (χ4v) is 0.548. The van der Waals surface area contributed by atoms with Gasteiger partial charge in [0.2, 0.25) is 5.91 Å². The fourth-order valence-electron chi connectivity index (χ4n) is 0.548. The van der Waals surface area contributed by atoms with E-state index in [0.29, 0.717) is 0 Å². The Hall–Kier alpha value is -1.36. The van der Waals surface area contributed by atoms with Crippen LogP contribution in [0.2, 0.25) is 0 Å². The quantitative estimate of drug-likeness (QED) is 0.407. The minimum absolute atomic E-state index is 0.0886. The number of hydrogen-bond donors (Lipinski definition) is 2. The Morgan fingerprint density at radius 3 is 2.58 bits per heavy atom. The van der Waals surface area contributed by atoms with Crippen molar-refractivity contribution in [2.24, 2.45) is 11.5 Å². The molecule has 12 heavy (non-hydrogen) atoms. The molecule has 0 saturated heterocycles. The van der Waals surface area contributed by atoms with E-state index in [1.54, 1.807) is 0 Å². The lowest BCUT2D eigenvalue weighted by Crippen LogP contribution is -2.36. The van der Waals surface area contributed by atoms with Crippen LogP contribution in [0.4, 0.5) is 0 Å². The van der Waals surface area contributed by atoms with Gasteiger partial charge >= 0.3 is 5.97 Å². The van der Waals surface area contributed by atoms with Crippen LogP contribution in [0.25, 0.3) is 0 Å². The van der Waals surface area contributed by atoms with Gasteiger partial charge in [-0.1, -0.05) is 12.7 Å². The third-order valence-corrected chi connectivity index (χ3v) is 1.07. The normalized spacial score (nSPS) is 11.8. The van der Waals surface area contributed by atoms with Crippen molar-refractivity contribution in [2.75, 3.05) is 6.61 Å². The number of primary amides is 1. The second-order valence-corrected chi connectivity index (χ2v) is 2.20. The van der Waals surface area contributed by atoms with Crippen LogP contribution >= 0.6 is 0 Å². The minimum atomic E-state index is -0.970. The Morgan fingerprint density at radius 2 is 2.17 bits per heavy atom. The number of nitrogens with two attached hydrogens (primary N) is 2. The van der Waals surface area contributed by atoms with E-state index in [1.165, 1.54) is 6.08 Å². The highest BCUT2D eigenvalue weighted by atomic mass is 16.5. The Kier molecular flexibility index (Phi) is 4.71.